The number of nitrogens with zero attached hydrogens (tertiary/aromatic N) is 1. The molecule has 1 atom stereocenters. The molecule has 1 aromatic rings. The number of hydrogen-bond acceptors (Lipinski definition) is 2. The van der Waals surface area contributed by atoms with Crippen LogP contribution >= 0.6 is 0 Å². The lowest BCUT2D eigenvalue weighted by Crippen LogP contribution is -2.35. The minimum absolute atomic E-state index is 0.598. The van der Waals surface area contributed by atoms with Crippen LogP contribution in [-0.4, -0.2) is 30.6 Å². The Bertz CT molecular complexity index is 332. The van der Waals surface area contributed by atoms with E-state index in [2.05, 4.69) is 41.3 Å². The molecular weight excluding hydrogens is 196 g/mol. The summed E-state index contributed by atoms with van der Waals surface area (Å²) in [6.07, 6.45) is 6.98. The zero-order valence-electron chi connectivity index (χ0n) is 9.68. The zero-order valence-corrected chi connectivity index (χ0v) is 9.68. The number of likely N-dealkylation sites (tertiary alicyclic amines) is 1. The van der Waals surface area contributed by atoms with Gasteiger partial charge in [0.05, 0.1) is 0 Å². The van der Waals surface area contributed by atoms with Gasteiger partial charge in [-0.3, -0.25) is 4.90 Å². The molecule has 1 saturated heterocycles. The van der Waals surface area contributed by atoms with E-state index in [0.29, 0.717) is 6.04 Å². The third-order valence-corrected chi connectivity index (χ3v) is 3.22. The first-order valence-corrected chi connectivity index (χ1v) is 6.06. The highest BCUT2D eigenvalue weighted by Crippen LogP contribution is 2.15. The first-order valence-electron chi connectivity index (χ1n) is 6.06. The van der Waals surface area contributed by atoms with Crippen LogP contribution in [0, 0.1) is 0 Å². The molecule has 1 aliphatic rings. The van der Waals surface area contributed by atoms with Crippen molar-refractivity contribution in [2.24, 2.45) is 5.73 Å². The van der Waals surface area contributed by atoms with Gasteiger partial charge in [0.15, 0.2) is 0 Å². The SMILES string of the molecule is NCC1CCCN1C/C=C/c1ccccc1. The maximum absolute atomic E-state index is 5.74. The van der Waals surface area contributed by atoms with Gasteiger partial charge in [-0.05, 0) is 24.9 Å². The molecule has 2 rings (SSSR count). The van der Waals surface area contributed by atoms with Crippen LogP contribution < -0.4 is 5.73 Å². The summed E-state index contributed by atoms with van der Waals surface area (Å²) in [6.45, 7) is 3.01. The van der Waals surface area contributed by atoms with Crippen molar-refractivity contribution in [2.45, 2.75) is 18.9 Å². The van der Waals surface area contributed by atoms with Crippen LogP contribution in [0.25, 0.3) is 6.08 Å². The molecule has 1 aromatic carbocycles. The Kier molecular flexibility index (Phi) is 4.14. The van der Waals surface area contributed by atoms with Crippen LogP contribution in [0.15, 0.2) is 36.4 Å². The molecule has 1 heterocycles. The summed E-state index contributed by atoms with van der Waals surface area (Å²) in [6, 6.07) is 11.0. The fraction of sp³-hybridized carbons (Fsp3) is 0.429. The summed E-state index contributed by atoms with van der Waals surface area (Å²) in [5, 5.41) is 0. The van der Waals surface area contributed by atoms with Gasteiger partial charge < -0.3 is 5.73 Å². The molecule has 16 heavy (non-hydrogen) atoms. The van der Waals surface area contributed by atoms with Gasteiger partial charge in [0.2, 0.25) is 0 Å². The van der Waals surface area contributed by atoms with Crippen molar-refractivity contribution in [1.82, 2.24) is 4.90 Å². The molecule has 0 radical (unpaired) electrons. The first kappa shape index (κ1) is 11.4. The van der Waals surface area contributed by atoms with Gasteiger partial charge in [0, 0.05) is 19.1 Å². The van der Waals surface area contributed by atoms with Gasteiger partial charge in [0.1, 0.15) is 0 Å². The molecule has 2 heteroatoms. The van der Waals surface area contributed by atoms with Crippen molar-refractivity contribution < 1.29 is 0 Å². The largest absolute Gasteiger partial charge is 0.329 e. The molecule has 0 spiro atoms. The molecule has 86 valence electrons. The Labute approximate surface area is 97.8 Å². The Morgan fingerprint density at radius 2 is 2.12 bits per heavy atom. The quantitative estimate of drug-likeness (QED) is 0.835. The van der Waals surface area contributed by atoms with E-state index in [9.17, 15) is 0 Å². The van der Waals surface area contributed by atoms with Crippen LogP contribution in [0.2, 0.25) is 0 Å². The second-order valence-corrected chi connectivity index (χ2v) is 4.34. The van der Waals surface area contributed by atoms with E-state index < -0.39 is 0 Å². The maximum Gasteiger partial charge on any atom is 0.0222 e. The van der Waals surface area contributed by atoms with E-state index in [0.717, 1.165) is 13.1 Å². The predicted octanol–water partition coefficient (Wildman–Crippen LogP) is 2.12. The van der Waals surface area contributed by atoms with Gasteiger partial charge in [-0.25, -0.2) is 0 Å². The van der Waals surface area contributed by atoms with E-state index in [-0.39, 0.29) is 0 Å². The third kappa shape index (κ3) is 2.94. The van der Waals surface area contributed by atoms with Gasteiger partial charge >= 0.3 is 0 Å². The minimum atomic E-state index is 0.598. The van der Waals surface area contributed by atoms with Crippen LogP contribution in [-0.2, 0) is 0 Å². The van der Waals surface area contributed by atoms with E-state index in [1.165, 1.54) is 24.9 Å². The third-order valence-electron chi connectivity index (χ3n) is 3.22. The van der Waals surface area contributed by atoms with Crippen LogP contribution in [0.4, 0.5) is 0 Å². The Morgan fingerprint density at radius 1 is 1.31 bits per heavy atom. The highest BCUT2D eigenvalue weighted by atomic mass is 15.2. The molecule has 1 unspecified atom stereocenters. The van der Waals surface area contributed by atoms with E-state index >= 15 is 0 Å². The van der Waals surface area contributed by atoms with Crippen molar-refractivity contribution >= 4 is 6.08 Å². The zero-order chi connectivity index (χ0) is 11.2. The van der Waals surface area contributed by atoms with E-state index in [1.807, 2.05) is 6.07 Å². The Balaban J connectivity index is 1.85. The van der Waals surface area contributed by atoms with Crippen molar-refractivity contribution in [2.75, 3.05) is 19.6 Å². The molecule has 1 fully saturated rings. The van der Waals surface area contributed by atoms with Crippen LogP contribution in [0.3, 0.4) is 0 Å². The van der Waals surface area contributed by atoms with Gasteiger partial charge in [-0.15, -0.1) is 0 Å². The summed E-state index contributed by atoms with van der Waals surface area (Å²) in [4.78, 5) is 2.47. The molecule has 1 aliphatic heterocycles. The molecule has 0 aromatic heterocycles. The Morgan fingerprint density at radius 3 is 2.88 bits per heavy atom. The van der Waals surface area contributed by atoms with Crippen LogP contribution in [0.5, 0.6) is 0 Å². The molecule has 0 saturated carbocycles. The molecule has 0 bridgehead atoms. The average molecular weight is 216 g/mol. The van der Waals surface area contributed by atoms with Gasteiger partial charge in [0.25, 0.3) is 0 Å². The second kappa shape index (κ2) is 5.83. The van der Waals surface area contributed by atoms with Crippen molar-refractivity contribution in [1.29, 1.82) is 0 Å². The molecular formula is C14H20N2. The standard InChI is InChI=1S/C14H20N2/c15-12-14-9-5-11-16(14)10-4-8-13-6-2-1-3-7-13/h1-4,6-8,14H,5,9-12,15H2/b8-4+. The van der Waals surface area contributed by atoms with Crippen molar-refractivity contribution in [3.8, 4) is 0 Å². The van der Waals surface area contributed by atoms with Gasteiger partial charge in [-0.2, -0.15) is 0 Å². The van der Waals surface area contributed by atoms with Crippen molar-refractivity contribution in [3.63, 3.8) is 0 Å². The normalized spacial score (nSPS) is 21.9. The van der Waals surface area contributed by atoms with Gasteiger partial charge in [-0.1, -0.05) is 42.5 Å². The van der Waals surface area contributed by atoms with Crippen molar-refractivity contribution in [3.05, 3.63) is 42.0 Å². The number of nitrogens with two attached hydrogens (primary N) is 1. The summed E-state index contributed by atoms with van der Waals surface area (Å²) in [7, 11) is 0. The highest BCUT2D eigenvalue weighted by Gasteiger charge is 2.21. The number of hydrogen-bond donors (Lipinski definition) is 1. The average Bonchev–Trinajstić information content (AvgIpc) is 2.78. The first-order chi connectivity index (χ1) is 7.90. The minimum Gasteiger partial charge on any atom is -0.329 e. The summed E-state index contributed by atoms with van der Waals surface area (Å²) < 4.78 is 0. The smallest absolute Gasteiger partial charge is 0.0222 e. The molecule has 2 N–H and O–H groups in total. The van der Waals surface area contributed by atoms with E-state index in [4.69, 9.17) is 5.73 Å². The monoisotopic (exact) mass is 216 g/mol. The Hall–Kier alpha value is -1.12. The number of rotatable bonds is 4. The molecule has 0 aliphatic carbocycles. The molecule has 0 amide bonds. The number of benzene rings is 1. The predicted molar refractivity (Wildman–Crippen MR) is 69.1 cm³/mol. The summed E-state index contributed by atoms with van der Waals surface area (Å²) >= 11 is 0. The second-order valence-electron chi connectivity index (χ2n) is 4.34. The van der Waals surface area contributed by atoms with Crippen LogP contribution in [0.1, 0.15) is 18.4 Å². The fourth-order valence-corrected chi connectivity index (χ4v) is 2.29. The molecule has 2 nitrogen and oxygen atoms in total. The fourth-order valence-electron chi connectivity index (χ4n) is 2.29. The summed E-state index contributed by atoms with van der Waals surface area (Å²) in [5.41, 5.74) is 7.01. The topological polar surface area (TPSA) is 29.3 Å². The highest BCUT2D eigenvalue weighted by molar-refractivity contribution is 5.48. The maximum atomic E-state index is 5.74. The summed E-state index contributed by atoms with van der Waals surface area (Å²) in [5.74, 6) is 0. The lowest BCUT2D eigenvalue weighted by molar-refractivity contribution is 0.286. The lowest BCUT2D eigenvalue weighted by atomic mass is 10.2. The lowest BCUT2D eigenvalue weighted by Gasteiger charge is -2.20. The van der Waals surface area contributed by atoms with E-state index in [1.54, 1.807) is 0 Å².